The van der Waals surface area contributed by atoms with Crippen LogP contribution in [-0.4, -0.2) is 15.4 Å². The number of benzene rings is 2. The van der Waals surface area contributed by atoms with E-state index in [4.69, 9.17) is 16.6 Å². The molecule has 5 heteroatoms. The first-order valence-corrected chi connectivity index (χ1v) is 8.71. The smallest absolute Gasteiger partial charge is 0.115 e. The Kier molecular flexibility index (Phi) is 4.38. The van der Waals surface area contributed by atoms with Crippen LogP contribution in [0.3, 0.4) is 0 Å². The van der Waals surface area contributed by atoms with E-state index >= 15 is 0 Å². The topological polar surface area (TPSA) is 17.8 Å². The predicted molar refractivity (Wildman–Crippen MR) is 95.6 cm³/mol. The maximum atomic E-state index is 5.95. The highest BCUT2D eigenvalue weighted by Crippen LogP contribution is 2.28. The number of rotatable bonds is 3. The number of aryl methyl sites for hydroxylation is 2. The second kappa shape index (κ2) is 6.11. The molecule has 2 aromatic carbocycles. The molecule has 0 amide bonds. The van der Waals surface area contributed by atoms with Gasteiger partial charge in [0.25, 0.3) is 0 Å². The zero-order valence-electron chi connectivity index (χ0n) is 11.4. The minimum atomic E-state index is 0.553. The molecule has 1 aromatic heterocycles. The molecule has 3 aromatic rings. The van der Waals surface area contributed by atoms with Crippen molar-refractivity contribution in [2.24, 2.45) is 0 Å². The van der Waals surface area contributed by atoms with Gasteiger partial charge in [-0.25, -0.2) is 4.98 Å². The van der Waals surface area contributed by atoms with Gasteiger partial charge in [-0.15, -0.1) is 11.6 Å². The zero-order valence-corrected chi connectivity index (χ0v) is 15.3. The standard InChI is InChI=1S/C16H13Br2ClN2/c1-10-2-3-11(17)8-14(10)21-15-9-12(18)4-5-13(15)20-16(21)6-7-19/h2-5,8-9H,6-7H2,1H3. The second-order valence-electron chi connectivity index (χ2n) is 4.87. The Bertz CT molecular complexity index is 811. The fourth-order valence-electron chi connectivity index (χ4n) is 2.44. The lowest BCUT2D eigenvalue weighted by atomic mass is 10.2. The van der Waals surface area contributed by atoms with Crippen molar-refractivity contribution in [3.8, 4) is 5.69 Å². The molecule has 0 aliphatic carbocycles. The van der Waals surface area contributed by atoms with Gasteiger partial charge in [0.1, 0.15) is 5.82 Å². The van der Waals surface area contributed by atoms with E-state index in [1.54, 1.807) is 0 Å². The van der Waals surface area contributed by atoms with Gasteiger partial charge in [-0.3, -0.25) is 4.57 Å². The molecule has 0 spiro atoms. The molecule has 0 unspecified atom stereocenters. The molecular formula is C16H13Br2ClN2. The van der Waals surface area contributed by atoms with Crippen molar-refractivity contribution in [2.75, 3.05) is 5.88 Å². The van der Waals surface area contributed by atoms with Crippen molar-refractivity contribution in [3.05, 3.63) is 56.7 Å². The quantitative estimate of drug-likeness (QED) is 0.494. The molecule has 108 valence electrons. The number of hydrogen-bond acceptors (Lipinski definition) is 1. The van der Waals surface area contributed by atoms with Crippen LogP contribution < -0.4 is 0 Å². The van der Waals surface area contributed by atoms with E-state index < -0.39 is 0 Å². The lowest BCUT2D eigenvalue weighted by Gasteiger charge is -2.12. The molecule has 0 saturated carbocycles. The summed E-state index contributed by atoms with van der Waals surface area (Å²) < 4.78 is 4.29. The Morgan fingerprint density at radius 3 is 2.57 bits per heavy atom. The van der Waals surface area contributed by atoms with Crippen LogP contribution in [-0.2, 0) is 6.42 Å². The van der Waals surface area contributed by atoms with Gasteiger partial charge >= 0.3 is 0 Å². The number of nitrogens with zero attached hydrogens (tertiary/aromatic N) is 2. The van der Waals surface area contributed by atoms with Gasteiger partial charge < -0.3 is 0 Å². The summed E-state index contributed by atoms with van der Waals surface area (Å²) in [5.74, 6) is 1.54. The third kappa shape index (κ3) is 2.89. The number of hydrogen-bond donors (Lipinski definition) is 0. The van der Waals surface area contributed by atoms with Gasteiger partial charge in [0.05, 0.1) is 16.7 Å². The van der Waals surface area contributed by atoms with E-state index in [1.807, 2.05) is 12.1 Å². The summed E-state index contributed by atoms with van der Waals surface area (Å²) in [4.78, 5) is 4.73. The molecule has 0 saturated heterocycles. The number of fused-ring (bicyclic) bond motifs is 1. The fraction of sp³-hybridized carbons (Fsp3) is 0.188. The van der Waals surface area contributed by atoms with Crippen molar-refractivity contribution in [3.63, 3.8) is 0 Å². The minimum absolute atomic E-state index is 0.553. The van der Waals surface area contributed by atoms with Gasteiger partial charge in [0.15, 0.2) is 0 Å². The molecule has 0 aliphatic heterocycles. The molecule has 21 heavy (non-hydrogen) atoms. The number of halogens is 3. The summed E-state index contributed by atoms with van der Waals surface area (Å²) in [5, 5.41) is 0. The Morgan fingerprint density at radius 1 is 1.10 bits per heavy atom. The third-order valence-electron chi connectivity index (χ3n) is 3.42. The molecule has 0 bridgehead atoms. The van der Waals surface area contributed by atoms with Crippen LogP contribution in [0, 0.1) is 6.92 Å². The first-order chi connectivity index (χ1) is 10.1. The highest BCUT2D eigenvalue weighted by Gasteiger charge is 2.14. The Morgan fingerprint density at radius 2 is 1.81 bits per heavy atom. The van der Waals surface area contributed by atoms with Gasteiger partial charge in [0, 0.05) is 21.2 Å². The molecule has 0 atom stereocenters. The van der Waals surface area contributed by atoms with Crippen LogP contribution in [0.4, 0.5) is 0 Å². The monoisotopic (exact) mass is 426 g/mol. The van der Waals surface area contributed by atoms with E-state index in [-0.39, 0.29) is 0 Å². The second-order valence-corrected chi connectivity index (χ2v) is 7.08. The summed E-state index contributed by atoms with van der Waals surface area (Å²) in [6.07, 6.45) is 0.736. The zero-order chi connectivity index (χ0) is 15.0. The normalized spacial score (nSPS) is 11.2. The Hall–Kier alpha value is -0.840. The molecule has 1 heterocycles. The molecule has 0 fully saturated rings. The van der Waals surface area contributed by atoms with Crippen LogP contribution in [0.2, 0.25) is 0 Å². The molecule has 0 N–H and O–H groups in total. The third-order valence-corrected chi connectivity index (χ3v) is 4.59. The summed E-state index contributed by atoms with van der Waals surface area (Å²) in [6, 6.07) is 12.4. The molecule has 2 nitrogen and oxygen atoms in total. The Balaban J connectivity index is 2.35. The largest absolute Gasteiger partial charge is 0.296 e. The summed E-state index contributed by atoms with van der Waals surface area (Å²) in [5.41, 5.74) is 4.40. The molecule has 3 rings (SSSR count). The fourth-order valence-corrected chi connectivity index (χ4v) is 3.31. The minimum Gasteiger partial charge on any atom is -0.296 e. The van der Waals surface area contributed by atoms with Crippen molar-refractivity contribution in [1.82, 2.24) is 9.55 Å². The lowest BCUT2D eigenvalue weighted by molar-refractivity contribution is 0.906. The van der Waals surface area contributed by atoms with Gasteiger partial charge in [-0.1, -0.05) is 37.9 Å². The molecule has 0 aliphatic rings. The van der Waals surface area contributed by atoms with Crippen LogP contribution >= 0.6 is 43.5 Å². The molecular weight excluding hydrogens is 415 g/mol. The van der Waals surface area contributed by atoms with Gasteiger partial charge in [-0.2, -0.15) is 0 Å². The number of alkyl halides is 1. The average Bonchev–Trinajstić information content (AvgIpc) is 2.79. The van der Waals surface area contributed by atoms with Crippen LogP contribution in [0.5, 0.6) is 0 Å². The van der Waals surface area contributed by atoms with Crippen molar-refractivity contribution in [1.29, 1.82) is 0 Å². The summed E-state index contributed by atoms with van der Waals surface area (Å²) >= 11 is 13.1. The van der Waals surface area contributed by atoms with Gasteiger partial charge in [-0.05, 0) is 42.8 Å². The van der Waals surface area contributed by atoms with Crippen molar-refractivity contribution >= 4 is 54.5 Å². The van der Waals surface area contributed by atoms with Gasteiger partial charge in [0.2, 0.25) is 0 Å². The van der Waals surface area contributed by atoms with Crippen LogP contribution in [0.15, 0.2) is 45.3 Å². The van der Waals surface area contributed by atoms with Crippen molar-refractivity contribution in [2.45, 2.75) is 13.3 Å². The maximum Gasteiger partial charge on any atom is 0.115 e. The van der Waals surface area contributed by atoms with E-state index in [1.165, 1.54) is 5.56 Å². The van der Waals surface area contributed by atoms with Crippen LogP contribution in [0.1, 0.15) is 11.4 Å². The van der Waals surface area contributed by atoms with Crippen molar-refractivity contribution < 1.29 is 0 Å². The maximum absolute atomic E-state index is 5.95. The summed E-state index contributed by atoms with van der Waals surface area (Å²) in [7, 11) is 0. The predicted octanol–water partition coefficient (Wildman–Crippen LogP) is 5.64. The lowest BCUT2D eigenvalue weighted by Crippen LogP contribution is -2.04. The number of aromatic nitrogens is 2. The highest BCUT2D eigenvalue weighted by molar-refractivity contribution is 9.10. The van der Waals surface area contributed by atoms with E-state index in [9.17, 15) is 0 Å². The summed E-state index contributed by atoms with van der Waals surface area (Å²) in [6.45, 7) is 2.11. The van der Waals surface area contributed by atoms with E-state index in [0.717, 1.165) is 37.9 Å². The number of imidazole rings is 1. The van der Waals surface area contributed by atoms with E-state index in [0.29, 0.717) is 5.88 Å². The van der Waals surface area contributed by atoms with Crippen LogP contribution in [0.25, 0.3) is 16.7 Å². The highest BCUT2D eigenvalue weighted by atomic mass is 79.9. The van der Waals surface area contributed by atoms with E-state index in [2.05, 4.69) is 67.6 Å². The first-order valence-electron chi connectivity index (χ1n) is 6.59. The average molecular weight is 429 g/mol. The molecule has 0 radical (unpaired) electrons. The SMILES string of the molecule is Cc1ccc(Br)cc1-n1c(CCCl)nc2ccc(Br)cc21. The first kappa shape index (κ1) is 15.1. The Labute approximate surface area is 145 Å².